The van der Waals surface area contributed by atoms with Crippen LogP contribution in [0.3, 0.4) is 0 Å². The first kappa shape index (κ1) is 32.9. The summed E-state index contributed by atoms with van der Waals surface area (Å²) < 4.78 is 0. The van der Waals surface area contributed by atoms with Crippen LogP contribution in [0.4, 0.5) is 5.69 Å². The Labute approximate surface area is 219 Å². The van der Waals surface area contributed by atoms with Crippen LogP contribution >= 0.6 is 23.2 Å². The number of hydrogen-bond acceptors (Lipinski definition) is 3. The molecule has 1 rings (SSSR count). The Bertz CT molecular complexity index is 563. The van der Waals surface area contributed by atoms with E-state index in [4.69, 9.17) is 33.4 Å². The van der Waals surface area contributed by atoms with Crippen LogP contribution in [0.2, 0.25) is 0 Å². The Hall–Kier alpha value is -1.13. The second kappa shape index (κ2) is 25.0. The lowest BCUT2D eigenvalue weighted by atomic mass is 10.0. The number of carboxylic acid groups (broad SMARTS) is 1. The predicted octanol–water partition coefficient (Wildman–Crippen LogP) is 9.01. The van der Waals surface area contributed by atoms with Crippen molar-refractivity contribution in [3.05, 3.63) is 24.3 Å². The van der Waals surface area contributed by atoms with Crippen LogP contribution in [-0.4, -0.2) is 41.0 Å². The van der Waals surface area contributed by atoms with Crippen LogP contribution in [0.1, 0.15) is 110 Å². The largest absolute Gasteiger partial charge is 0.508 e. The first-order valence-corrected chi connectivity index (χ1v) is 14.5. The fraction of sp³-hybridized carbons (Fsp3) is 0.750. The van der Waals surface area contributed by atoms with Crippen molar-refractivity contribution in [2.24, 2.45) is 0 Å². The molecule has 2 N–H and O–H groups in total. The minimum absolute atomic E-state index is 0.269. The smallest absolute Gasteiger partial charge is 0.303 e. The molecule has 0 unspecified atom stereocenters. The lowest BCUT2D eigenvalue weighted by Crippen LogP contribution is -2.27. The van der Waals surface area contributed by atoms with E-state index in [1.165, 1.54) is 83.5 Å². The summed E-state index contributed by atoms with van der Waals surface area (Å²) in [5, 5.41) is 17.6. The third-order valence-electron chi connectivity index (χ3n) is 5.92. The molecule has 0 amide bonds. The summed E-state index contributed by atoms with van der Waals surface area (Å²) >= 11 is 11.4. The van der Waals surface area contributed by atoms with Crippen molar-refractivity contribution in [1.29, 1.82) is 0 Å². The molecule has 4 nitrogen and oxygen atoms in total. The number of rotatable bonds is 21. The van der Waals surface area contributed by atoms with E-state index in [0.717, 1.165) is 31.6 Å². The summed E-state index contributed by atoms with van der Waals surface area (Å²) in [4.78, 5) is 12.4. The predicted molar refractivity (Wildman–Crippen MR) is 149 cm³/mol. The summed E-state index contributed by atoms with van der Waals surface area (Å²) in [7, 11) is 0. The van der Waals surface area contributed by atoms with E-state index in [1.807, 2.05) is 12.1 Å². The Morgan fingerprint density at radius 1 is 0.706 bits per heavy atom. The van der Waals surface area contributed by atoms with Gasteiger partial charge in [-0.2, -0.15) is 0 Å². The third kappa shape index (κ3) is 21.4. The Morgan fingerprint density at radius 2 is 1.09 bits per heavy atom. The number of aliphatic carboxylic acids is 1. The molecule has 0 aliphatic carbocycles. The molecular formula is C28H49Cl2NO3. The topological polar surface area (TPSA) is 60.8 Å². The lowest BCUT2D eigenvalue weighted by molar-refractivity contribution is -0.137. The van der Waals surface area contributed by atoms with Gasteiger partial charge in [0.15, 0.2) is 0 Å². The molecule has 0 saturated carbocycles. The minimum Gasteiger partial charge on any atom is -0.508 e. The number of phenolic OH excluding ortho intramolecular Hbond substituents is 1. The summed E-state index contributed by atoms with van der Waals surface area (Å²) in [5.41, 5.74) is 1.03. The Kier molecular flexibility index (Phi) is 24.1. The highest BCUT2D eigenvalue weighted by Gasteiger charge is 2.04. The van der Waals surface area contributed by atoms with E-state index >= 15 is 0 Å². The summed E-state index contributed by atoms with van der Waals surface area (Å²) in [6.07, 6.45) is 20.2. The maximum Gasteiger partial charge on any atom is 0.303 e. The van der Waals surface area contributed by atoms with Crippen molar-refractivity contribution in [2.75, 3.05) is 29.7 Å². The van der Waals surface area contributed by atoms with E-state index in [1.54, 1.807) is 12.1 Å². The summed E-state index contributed by atoms with van der Waals surface area (Å²) in [5.74, 6) is 0.750. The van der Waals surface area contributed by atoms with Gasteiger partial charge in [0.05, 0.1) is 0 Å². The standard InChI is InChI=1S/C18H36O2.C10H13Cl2NO/c1-2-3-4-5-6-7-8-9-10-11-12-13-14-15-16-17-18(19)20;11-5-7-13(8-6-12)9-1-3-10(14)4-2-9/h2-17H2,1H3,(H,19,20);1-4,14H,5-8H2. The second-order valence-corrected chi connectivity index (χ2v) is 9.73. The normalized spacial score (nSPS) is 10.6. The molecule has 1 aromatic carbocycles. The van der Waals surface area contributed by atoms with Gasteiger partial charge in [-0.3, -0.25) is 4.79 Å². The molecule has 6 heteroatoms. The molecule has 0 fully saturated rings. The van der Waals surface area contributed by atoms with E-state index in [9.17, 15) is 4.79 Å². The number of unbranched alkanes of at least 4 members (excludes halogenated alkanes) is 14. The number of anilines is 1. The molecule has 0 saturated heterocycles. The number of aromatic hydroxyl groups is 1. The van der Waals surface area contributed by atoms with Gasteiger partial charge in [0.2, 0.25) is 0 Å². The molecule has 1 aromatic rings. The highest BCUT2D eigenvalue weighted by atomic mass is 35.5. The van der Waals surface area contributed by atoms with Gasteiger partial charge >= 0.3 is 5.97 Å². The second-order valence-electron chi connectivity index (χ2n) is 8.97. The number of phenols is 1. The van der Waals surface area contributed by atoms with E-state index < -0.39 is 5.97 Å². The monoisotopic (exact) mass is 517 g/mol. The molecule has 0 spiro atoms. The van der Waals surface area contributed by atoms with Gasteiger partial charge in [-0.25, -0.2) is 0 Å². The molecule has 0 aliphatic heterocycles. The molecule has 0 atom stereocenters. The molecule has 0 heterocycles. The van der Waals surface area contributed by atoms with Crippen molar-refractivity contribution < 1.29 is 15.0 Å². The van der Waals surface area contributed by atoms with E-state index in [-0.39, 0.29) is 5.75 Å². The SMILES string of the molecule is CCCCCCCCCCCCCCCCCC(=O)O.Oc1ccc(N(CCCl)CCCl)cc1. The van der Waals surface area contributed by atoms with Crippen molar-refractivity contribution in [3.63, 3.8) is 0 Å². The quantitative estimate of drug-likeness (QED) is 0.126. The Balaban J connectivity index is 0.000000679. The van der Waals surface area contributed by atoms with Gasteiger partial charge in [-0.05, 0) is 30.7 Å². The van der Waals surface area contributed by atoms with E-state index in [2.05, 4.69) is 11.8 Å². The third-order valence-corrected chi connectivity index (χ3v) is 6.26. The van der Waals surface area contributed by atoms with Crippen molar-refractivity contribution in [2.45, 2.75) is 110 Å². The van der Waals surface area contributed by atoms with Crippen LogP contribution in [0.5, 0.6) is 5.75 Å². The lowest BCUT2D eigenvalue weighted by Gasteiger charge is -2.22. The maximum absolute atomic E-state index is 10.3. The number of hydrogen-bond donors (Lipinski definition) is 2. The molecule has 0 bridgehead atoms. The molecule has 34 heavy (non-hydrogen) atoms. The van der Waals surface area contributed by atoms with E-state index in [0.29, 0.717) is 18.2 Å². The first-order valence-electron chi connectivity index (χ1n) is 13.4. The zero-order chi connectivity index (χ0) is 25.3. The van der Waals surface area contributed by atoms with Crippen LogP contribution in [0.25, 0.3) is 0 Å². The molecule has 0 radical (unpaired) electrons. The zero-order valence-electron chi connectivity index (χ0n) is 21.5. The van der Waals surface area contributed by atoms with Crippen LogP contribution < -0.4 is 4.90 Å². The van der Waals surface area contributed by atoms with Crippen LogP contribution in [-0.2, 0) is 4.79 Å². The maximum atomic E-state index is 10.3. The number of carboxylic acids is 1. The molecule has 0 aliphatic rings. The average molecular weight is 519 g/mol. The average Bonchev–Trinajstić information content (AvgIpc) is 2.82. The highest BCUT2D eigenvalue weighted by Crippen LogP contribution is 2.18. The van der Waals surface area contributed by atoms with Crippen LogP contribution in [0, 0.1) is 0 Å². The highest BCUT2D eigenvalue weighted by molar-refractivity contribution is 6.18. The van der Waals surface area contributed by atoms with Crippen LogP contribution in [0.15, 0.2) is 24.3 Å². The van der Waals surface area contributed by atoms with Gasteiger partial charge in [0.1, 0.15) is 5.75 Å². The van der Waals surface area contributed by atoms with Crippen molar-refractivity contribution in [1.82, 2.24) is 0 Å². The summed E-state index contributed by atoms with van der Waals surface area (Å²) in [6.45, 7) is 3.80. The fourth-order valence-corrected chi connectivity index (χ4v) is 4.29. The number of alkyl halides is 2. The Morgan fingerprint density at radius 3 is 1.44 bits per heavy atom. The van der Waals surface area contributed by atoms with Gasteiger partial charge in [-0.1, -0.05) is 96.8 Å². The van der Waals surface area contributed by atoms with Crippen molar-refractivity contribution in [3.8, 4) is 5.75 Å². The minimum atomic E-state index is -0.653. The number of nitrogens with zero attached hydrogens (tertiary/aromatic N) is 1. The number of carbonyl (C=O) groups is 1. The molecule has 198 valence electrons. The van der Waals surface area contributed by atoms with Crippen molar-refractivity contribution >= 4 is 34.9 Å². The van der Waals surface area contributed by atoms with Gasteiger partial charge in [-0.15, -0.1) is 23.2 Å². The molecular weight excluding hydrogens is 469 g/mol. The van der Waals surface area contributed by atoms with Gasteiger partial charge in [0.25, 0.3) is 0 Å². The number of benzene rings is 1. The molecule has 0 aromatic heterocycles. The summed E-state index contributed by atoms with van der Waals surface area (Å²) in [6, 6.07) is 7.03. The zero-order valence-corrected chi connectivity index (χ0v) is 23.0. The number of halogens is 2. The fourth-order valence-electron chi connectivity index (χ4n) is 3.89. The first-order chi connectivity index (χ1) is 16.5. The van der Waals surface area contributed by atoms with Gasteiger partial charge in [0, 0.05) is 37.0 Å². The van der Waals surface area contributed by atoms with Gasteiger partial charge < -0.3 is 15.1 Å².